The number of carbonyl (C=O) groups excluding carboxylic acids is 2. The summed E-state index contributed by atoms with van der Waals surface area (Å²) in [4.78, 5) is 52.7. The van der Waals surface area contributed by atoms with E-state index in [4.69, 9.17) is 20.6 Å². The molecule has 44 heavy (non-hydrogen) atoms. The van der Waals surface area contributed by atoms with Gasteiger partial charge in [-0.05, 0) is 56.7 Å². The summed E-state index contributed by atoms with van der Waals surface area (Å²) in [5.41, 5.74) is 7.42. The summed E-state index contributed by atoms with van der Waals surface area (Å²) in [6.07, 6.45) is 8.71. The summed E-state index contributed by atoms with van der Waals surface area (Å²) in [6, 6.07) is 4.41. The lowest BCUT2D eigenvalue weighted by atomic mass is 10.0. The van der Waals surface area contributed by atoms with Crippen LogP contribution in [0, 0.1) is 0 Å². The number of nitrogens with zero attached hydrogens (tertiary/aromatic N) is 5. The lowest BCUT2D eigenvalue weighted by molar-refractivity contribution is -0.138. The van der Waals surface area contributed by atoms with Crippen molar-refractivity contribution in [3.63, 3.8) is 0 Å². The van der Waals surface area contributed by atoms with Crippen molar-refractivity contribution in [1.29, 1.82) is 0 Å². The second kappa shape index (κ2) is 13.8. The summed E-state index contributed by atoms with van der Waals surface area (Å²) < 4.78 is 5.64. The first-order valence-electron chi connectivity index (χ1n) is 15.6. The maximum atomic E-state index is 13.2. The Balaban J connectivity index is 1.25. The zero-order chi connectivity index (χ0) is 31.4. The number of rotatable bonds is 11. The number of methoxy groups -OCH3 is 1. The van der Waals surface area contributed by atoms with Crippen LogP contribution < -0.4 is 30.9 Å². The van der Waals surface area contributed by atoms with Gasteiger partial charge in [-0.3, -0.25) is 14.4 Å². The van der Waals surface area contributed by atoms with Gasteiger partial charge in [0.1, 0.15) is 23.5 Å². The van der Waals surface area contributed by atoms with Gasteiger partial charge in [0.15, 0.2) is 5.82 Å². The lowest BCUT2D eigenvalue weighted by Crippen LogP contribution is -2.55. The third kappa shape index (κ3) is 6.73. The minimum Gasteiger partial charge on any atom is -0.495 e. The van der Waals surface area contributed by atoms with Gasteiger partial charge in [0, 0.05) is 44.3 Å². The van der Waals surface area contributed by atoms with Crippen molar-refractivity contribution in [2.75, 3.05) is 48.9 Å². The molecule has 238 valence electrons. The molecule has 1 aromatic carbocycles. The number of hydrogen-bond donors (Lipinski definition) is 4. The number of benzene rings is 1. The first kappa shape index (κ1) is 31.5. The Labute approximate surface area is 258 Å². The fourth-order valence-corrected chi connectivity index (χ4v) is 6.51. The van der Waals surface area contributed by atoms with Crippen molar-refractivity contribution in [3.05, 3.63) is 30.0 Å². The summed E-state index contributed by atoms with van der Waals surface area (Å²) in [6.45, 7) is 4.20. The van der Waals surface area contributed by atoms with Gasteiger partial charge in [0.2, 0.25) is 11.9 Å². The average Bonchev–Trinajstić information content (AvgIpc) is 3.56. The predicted molar refractivity (Wildman–Crippen MR) is 168 cm³/mol. The molecule has 2 aliphatic heterocycles. The van der Waals surface area contributed by atoms with Crippen LogP contribution in [0.1, 0.15) is 68.6 Å². The molecule has 5 rings (SSSR count). The normalized spacial score (nSPS) is 20.4. The molecule has 3 heterocycles. The molecule has 1 saturated carbocycles. The number of carbonyl (C=O) groups is 3. The number of nitrogens with two attached hydrogens (primary N) is 1. The maximum absolute atomic E-state index is 13.2. The zero-order valence-electron chi connectivity index (χ0n) is 25.8. The van der Waals surface area contributed by atoms with Crippen LogP contribution in [0.15, 0.2) is 24.4 Å². The van der Waals surface area contributed by atoms with Crippen molar-refractivity contribution < 1.29 is 24.2 Å². The smallest absolute Gasteiger partial charge is 0.320 e. The monoisotopic (exact) mass is 608 g/mol. The second-order valence-electron chi connectivity index (χ2n) is 11.9. The van der Waals surface area contributed by atoms with Gasteiger partial charge in [0.05, 0.1) is 19.0 Å². The number of carboxylic acids is 1. The number of aliphatic carboxylic acids is 1. The van der Waals surface area contributed by atoms with Crippen LogP contribution in [0.3, 0.4) is 0 Å². The molecule has 0 unspecified atom stereocenters. The number of anilines is 4. The van der Waals surface area contributed by atoms with E-state index in [9.17, 15) is 14.4 Å². The summed E-state index contributed by atoms with van der Waals surface area (Å²) in [7, 11) is 3.33. The Hall–Kier alpha value is -3.97. The first-order valence-corrected chi connectivity index (χ1v) is 15.6. The van der Waals surface area contributed by atoms with E-state index in [0.29, 0.717) is 48.0 Å². The molecule has 1 aromatic heterocycles. The summed E-state index contributed by atoms with van der Waals surface area (Å²) >= 11 is 0. The summed E-state index contributed by atoms with van der Waals surface area (Å²) in [5.74, 6) is 0.523. The topological polar surface area (TPSA) is 166 Å². The molecule has 0 spiro atoms. The second-order valence-corrected chi connectivity index (χ2v) is 11.9. The van der Waals surface area contributed by atoms with E-state index in [2.05, 4.69) is 25.4 Å². The fourth-order valence-electron chi connectivity index (χ4n) is 6.51. The van der Waals surface area contributed by atoms with E-state index in [1.54, 1.807) is 43.5 Å². The third-order valence-electron chi connectivity index (χ3n) is 9.12. The fraction of sp³-hybridized carbons (Fsp3) is 0.581. The van der Waals surface area contributed by atoms with Gasteiger partial charge in [-0.1, -0.05) is 19.8 Å². The van der Waals surface area contributed by atoms with E-state index >= 15 is 0 Å². The van der Waals surface area contributed by atoms with Gasteiger partial charge < -0.3 is 40.9 Å². The largest absolute Gasteiger partial charge is 0.495 e. The zero-order valence-corrected chi connectivity index (χ0v) is 25.8. The first-order chi connectivity index (χ1) is 21.2. The molecule has 13 heteroatoms. The van der Waals surface area contributed by atoms with E-state index in [-0.39, 0.29) is 29.9 Å². The molecule has 2 fully saturated rings. The number of nitrogens with one attached hydrogen (secondary N) is 2. The molecule has 1 saturated heterocycles. The van der Waals surface area contributed by atoms with Crippen molar-refractivity contribution in [2.45, 2.75) is 82.5 Å². The molecule has 2 atom stereocenters. The highest BCUT2D eigenvalue weighted by molar-refractivity contribution is 6.04. The Morgan fingerprint density at radius 1 is 1.18 bits per heavy atom. The number of hydrogen-bond acceptors (Lipinski definition) is 10. The van der Waals surface area contributed by atoms with Crippen molar-refractivity contribution >= 4 is 40.9 Å². The van der Waals surface area contributed by atoms with Gasteiger partial charge >= 0.3 is 5.97 Å². The Morgan fingerprint density at radius 2 is 1.91 bits per heavy atom. The van der Waals surface area contributed by atoms with Crippen LogP contribution in [0.25, 0.3) is 0 Å². The van der Waals surface area contributed by atoms with Crippen LogP contribution in [0.4, 0.5) is 23.1 Å². The molecule has 2 aromatic rings. The van der Waals surface area contributed by atoms with Crippen LogP contribution in [-0.2, 0) is 9.59 Å². The third-order valence-corrected chi connectivity index (χ3v) is 9.12. The van der Waals surface area contributed by atoms with Crippen molar-refractivity contribution in [1.82, 2.24) is 20.2 Å². The number of aromatic nitrogens is 2. The number of carboxylic acid groups (broad SMARTS) is 1. The number of ether oxygens (including phenoxy) is 1. The minimum atomic E-state index is -0.986. The molecule has 2 amide bonds. The molecule has 0 radical (unpaired) electrons. The Morgan fingerprint density at radius 3 is 2.57 bits per heavy atom. The molecule has 1 aliphatic carbocycles. The lowest BCUT2D eigenvalue weighted by Gasteiger charge is -2.43. The van der Waals surface area contributed by atoms with E-state index in [0.717, 1.165) is 57.4 Å². The minimum absolute atomic E-state index is 0.0272. The molecule has 13 nitrogen and oxygen atoms in total. The quantitative estimate of drug-likeness (QED) is 0.296. The number of likely N-dealkylation sites (tertiary alicyclic amines) is 1. The number of piperidine rings is 1. The number of likely N-dealkylation sites (N-methyl/N-ethyl adjacent to an activating group) is 1. The molecule has 0 bridgehead atoms. The predicted octanol–water partition coefficient (Wildman–Crippen LogP) is 2.73. The SMILES string of the molecule is CC[C@@H]1C(=O)N(C)c2cnc(Nc3ccc(C(=O)NC4CCN(CC[C@H](N)C(=O)O)CC4)cc3OC)nc2N1C1CCCC1. The highest BCUT2D eigenvalue weighted by atomic mass is 16.5. The molecular weight excluding hydrogens is 564 g/mol. The molecule has 5 N–H and O–H groups in total. The maximum Gasteiger partial charge on any atom is 0.320 e. The standard InChI is InChI=1S/C31H44N8O5/c1-4-24-29(41)37(2)25-18-33-31(36-27(25)39(24)21-7-5-6-8-21)35-23-10-9-19(17-26(23)44-3)28(40)34-20-11-14-38(15-12-20)16-13-22(32)30(42)43/h9-10,17-18,20-22,24H,4-8,11-16,32H2,1-3H3,(H,34,40)(H,42,43)(H,33,35,36)/t22-,24+/m0/s1. The number of amides is 2. The Bertz CT molecular complexity index is 1360. The van der Waals surface area contributed by atoms with Crippen LogP contribution in [0.5, 0.6) is 5.75 Å². The van der Waals surface area contributed by atoms with E-state index in [1.165, 1.54) is 0 Å². The molecule has 3 aliphatic rings. The van der Waals surface area contributed by atoms with Gasteiger partial charge in [0.25, 0.3) is 5.91 Å². The van der Waals surface area contributed by atoms with Crippen molar-refractivity contribution in [3.8, 4) is 5.75 Å². The molecular formula is C31H44N8O5. The summed E-state index contributed by atoms with van der Waals surface area (Å²) in [5, 5.41) is 15.4. The van der Waals surface area contributed by atoms with Gasteiger partial charge in [-0.2, -0.15) is 4.98 Å². The Kier molecular flexibility index (Phi) is 9.84. The van der Waals surface area contributed by atoms with Gasteiger partial charge in [-0.15, -0.1) is 0 Å². The van der Waals surface area contributed by atoms with Crippen molar-refractivity contribution in [2.24, 2.45) is 5.73 Å². The highest BCUT2D eigenvalue weighted by Crippen LogP contribution is 2.40. The average molecular weight is 609 g/mol. The van der Waals surface area contributed by atoms with Gasteiger partial charge in [-0.25, -0.2) is 4.98 Å². The number of fused-ring (bicyclic) bond motifs is 1. The highest BCUT2D eigenvalue weighted by Gasteiger charge is 2.41. The van der Waals surface area contributed by atoms with E-state index in [1.807, 2.05) is 6.92 Å². The van der Waals surface area contributed by atoms with Crippen LogP contribution >= 0.6 is 0 Å². The van der Waals surface area contributed by atoms with Crippen LogP contribution in [-0.4, -0.2) is 95.7 Å². The van der Waals surface area contributed by atoms with E-state index < -0.39 is 12.0 Å². The van der Waals surface area contributed by atoms with Crippen LogP contribution in [0.2, 0.25) is 0 Å².